The van der Waals surface area contributed by atoms with Crippen LogP contribution >= 0.6 is 15.9 Å². The van der Waals surface area contributed by atoms with Crippen molar-refractivity contribution >= 4 is 33.8 Å². The molecule has 0 N–H and O–H groups in total. The molecular weight excluding hydrogens is 376 g/mol. The molecule has 24 heavy (non-hydrogen) atoms. The molecule has 0 amide bonds. The molecule has 2 aromatic carbocycles. The number of halogens is 1. The van der Waals surface area contributed by atoms with Gasteiger partial charge in [-0.15, -0.1) is 0 Å². The zero-order chi connectivity index (χ0) is 17.5. The average Bonchev–Trinajstić information content (AvgIpc) is 2.57. The summed E-state index contributed by atoms with van der Waals surface area (Å²) in [5.41, 5.74) is 1.29. The van der Waals surface area contributed by atoms with Crippen molar-refractivity contribution in [2.45, 2.75) is 0 Å². The summed E-state index contributed by atoms with van der Waals surface area (Å²) in [6, 6.07) is 12.1. The third kappa shape index (κ3) is 4.96. The van der Waals surface area contributed by atoms with E-state index >= 15 is 0 Å². The largest absolute Gasteiger partial charge is 0.546 e. The number of rotatable bonds is 7. The third-order valence-corrected chi connectivity index (χ3v) is 3.56. The normalized spacial score (nSPS) is 10.6. The van der Waals surface area contributed by atoms with E-state index in [1.165, 1.54) is 25.3 Å². The number of ether oxygens (including phenoxy) is 2. The van der Waals surface area contributed by atoms with E-state index in [0.29, 0.717) is 5.56 Å². The van der Waals surface area contributed by atoms with Crippen LogP contribution in [0.3, 0.4) is 0 Å². The number of carboxylic acids is 1. The van der Waals surface area contributed by atoms with Gasteiger partial charge in [0.1, 0.15) is 6.61 Å². The summed E-state index contributed by atoms with van der Waals surface area (Å²) < 4.78 is 11.1. The van der Waals surface area contributed by atoms with E-state index in [0.717, 1.165) is 10.0 Å². The molecular formula is C18H14BrO5-. The molecule has 0 atom stereocenters. The summed E-state index contributed by atoms with van der Waals surface area (Å²) in [5, 5.41) is 10.4. The SMILES string of the molecule is COc1cc(C(=O)/C=C/c2cccc(Br)c2)ccc1OCC(=O)[O-]. The molecule has 0 aromatic heterocycles. The second-order valence-electron chi connectivity index (χ2n) is 4.78. The van der Waals surface area contributed by atoms with E-state index in [9.17, 15) is 14.7 Å². The van der Waals surface area contributed by atoms with Gasteiger partial charge >= 0.3 is 0 Å². The van der Waals surface area contributed by atoms with E-state index in [-0.39, 0.29) is 17.3 Å². The van der Waals surface area contributed by atoms with E-state index in [1.54, 1.807) is 12.1 Å². The molecule has 0 aliphatic rings. The van der Waals surface area contributed by atoms with Crippen LogP contribution in [0, 0.1) is 0 Å². The Kier molecular flexibility index (Phi) is 6.14. The zero-order valence-electron chi connectivity index (χ0n) is 12.8. The molecule has 0 aliphatic heterocycles. The minimum Gasteiger partial charge on any atom is -0.546 e. The van der Waals surface area contributed by atoms with Crippen LogP contribution in [0.5, 0.6) is 11.5 Å². The summed E-state index contributed by atoms with van der Waals surface area (Å²) in [4.78, 5) is 22.7. The third-order valence-electron chi connectivity index (χ3n) is 3.07. The van der Waals surface area contributed by atoms with Crippen molar-refractivity contribution < 1.29 is 24.2 Å². The number of allylic oxidation sites excluding steroid dienone is 1. The Morgan fingerprint density at radius 3 is 2.62 bits per heavy atom. The molecule has 2 rings (SSSR count). The van der Waals surface area contributed by atoms with Gasteiger partial charge in [-0.05, 0) is 42.0 Å². The summed E-state index contributed by atoms with van der Waals surface area (Å²) in [6.45, 7) is -0.591. The van der Waals surface area contributed by atoms with E-state index in [2.05, 4.69) is 15.9 Å². The van der Waals surface area contributed by atoms with E-state index in [4.69, 9.17) is 9.47 Å². The van der Waals surface area contributed by atoms with Crippen molar-refractivity contribution in [2.75, 3.05) is 13.7 Å². The molecule has 124 valence electrons. The molecule has 6 heteroatoms. The number of aliphatic carboxylic acids is 1. The van der Waals surface area contributed by atoms with Crippen LogP contribution in [-0.4, -0.2) is 25.5 Å². The summed E-state index contributed by atoms with van der Waals surface area (Å²) in [7, 11) is 1.41. The molecule has 0 aliphatic carbocycles. The predicted octanol–water partition coefficient (Wildman–Crippen LogP) is 2.48. The Morgan fingerprint density at radius 1 is 1.17 bits per heavy atom. The molecule has 0 saturated heterocycles. The van der Waals surface area contributed by atoms with Gasteiger partial charge in [-0.2, -0.15) is 0 Å². The van der Waals surface area contributed by atoms with Crippen LogP contribution in [0.2, 0.25) is 0 Å². The second-order valence-corrected chi connectivity index (χ2v) is 5.69. The lowest BCUT2D eigenvalue weighted by Gasteiger charge is -2.11. The van der Waals surface area contributed by atoms with Crippen LogP contribution < -0.4 is 14.6 Å². The standard InChI is InChI=1S/C18H15BrO5/c1-23-17-10-13(6-8-16(17)24-11-18(21)22)15(20)7-5-12-3-2-4-14(19)9-12/h2-10H,11H2,1H3,(H,21,22)/p-1/b7-5+. The Morgan fingerprint density at radius 2 is 1.96 bits per heavy atom. The van der Waals surface area contributed by atoms with E-state index in [1.807, 2.05) is 24.3 Å². The Labute approximate surface area is 147 Å². The first-order chi connectivity index (χ1) is 11.5. The highest BCUT2D eigenvalue weighted by Crippen LogP contribution is 2.28. The average molecular weight is 390 g/mol. The van der Waals surface area contributed by atoms with Gasteiger partial charge in [-0.3, -0.25) is 4.79 Å². The van der Waals surface area contributed by atoms with Crippen molar-refractivity contribution in [3.8, 4) is 11.5 Å². The zero-order valence-corrected chi connectivity index (χ0v) is 14.4. The molecule has 0 bridgehead atoms. The molecule has 0 saturated carbocycles. The summed E-state index contributed by atoms with van der Waals surface area (Å²) in [6.07, 6.45) is 3.17. The fraction of sp³-hybridized carbons (Fsp3) is 0.111. The molecule has 0 radical (unpaired) electrons. The van der Waals surface area contributed by atoms with Crippen molar-refractivity contribution in [3.63, 3.8) is 0 Å². The lowest BCUT2D eigenvalue weighted by molar-refractivity contribution is -0.307. The van der Waals surface area contributed by atoms with Gasteiger partial charge in [0, 0.05) is 10.0 Å². The topological polar surface area (TPSA) is 75.7 Å². The second kappa shape index (κ2) is 8.31. The lowest BCUT2D eigenvalue weighted by Crippen LogP contribution is -2.29. The van der Waals surface area contributed by atoms with Crippen LogP contribution in [-0.2, 0) is 4.79 Å². The van der Waals surface area contributed by atoms with Gasteiger partial charge in [-0.1, -0.05) is 34.1 Å². The number of carbonyl (C=O) groups is 2. The minimum atomic E-state index is -1.34. The number of hydrogen-bond acceptors (Lipinski definition) is 5. The fourth-order valence-electron chi connectivity index (χ4n) is 1.96. The first-order valence-electron chi connectivity index (χ1n) is 6.98. The van der Waals surface area contributed by atoms with Gasteiger partial charge in [0.25, 0.3) is 0 Å². The van der Waals surface area contributed by atoms with Gasteiger partial charge in [0.2, 0.25) is 0 Å². The maximum atomic E-state index is 12.2. The van der Waals surface area contributed by atoms with Gasteiger partial charge in [0.15, 0.2) is 17.3 Å². The molecule has 0 heterocycles. The van der Waals surface area contributed by atoms with Crippen molar-refractivity contribution in [3.05, 3.63) is 64.1 Å². The van der Waals surface area contributed by atoms with Gasteiger partial charge < -0.3 is 19.4 Å². The highest BCUT2D eigenvalue weighted by atomic mass is 79.9. The Balaban J connectivity index is 2.16. The van der Waals surface area contributed by atoms with Crippen molar-refractivity contribution in [1.82, 2.24) is 0 Å². The summed E-state index contributed by atoms with van der Waals surface area (Å²) in [5.74, 6) is -1.04. The predicted molar refractivity (Wildman–Crippen MR) is 91.0 cm³/mol. The number of carbonyl (C=O) groups excluding carboxylic acids is 2. The molecule has 2 aromatic rings. The molecule has 5 nitrogen and oxygen atoms in total. The highest BCUT2D eigenvalue weighted by Gasteiger charge is 2.09. The fourth-order valence-corrected chi connectivity index (χ4v) is 2.37. The number of carboxylic acid groups (broad SMARTS) is 1. The van der Waals surface area contributed by atoms with Crippen LogP contribution in [0.1, 0.15) is 15.9 Å². The minimum absolute atomic E-state index is 0.209. The summed E-state index contributed by atoms with van der Waals surface area (Å²) >= 11 is 3.37. The number of ketones is 1. The highest BCUT2D eigenvalue weighted by molar-refractivity contribution is 9.10. The first kappa shape index (κ1) is 17.7. The van der Waals surface area contributed by atoms with E-state index < -0.39 is 12.6 Å². The Hall–Kier alpha value is -2.60. The van der Waals surface area contributed by atoms with Crippen LogP contribution in [0.4, 0.5) is 0 Å². The monoisotopic (exact) mass is 389 g/mol. The van der Waals surface area contributed by atoms with Crippen LogP contribution in [0.25, 0.3) is 6.08 Å². The quantitative estimate of drug-likeness (QED) is 0.537. The molecule has 0 fully saturated rings. The maximum absolute atomic E-state index is 12.2. The van der Waals surface area contributed by atoms with Crippen molar-refractivity contribution in [1.29, 1.82) is 0 Å². The van der Waals surface area contributed by atoms with Gasteiger partial charge in [0.05, 0.1) is 13.1 Å². The number of methoxy groups -OCH3 is 1. The molecule has 0 unspecified atom stereocenters. The van der Waals surface area contributed by atoms with Gasteiger partial charge in [-0.25, -0.2) is 0 Å². The van der Waals surface area contributed by atoms with Crippen molar-refractivity contribution in [2.24, 2.45) is 0 Å². The first-order valence-corrected chi connectivity index (χ1v) is 7.77. The number of hydrogen-bond donors (Lipinski definition) is 0. The lowest BCUT2D eigenvalue weighted by atomic mass is 10.1. The van der Waals surface area contributed by atoms with Crippen LogP contribution in [0.15, 0.2) is 53.0 Å². The smallest absolute Gasteiger partial charge is 0.185 e. The number of benzene rings is 2. The Bertz CT molecular complexity index is 783. The maximum Gasteiger partial charge on any atom is 0.185 e. The molecule has 0 spiro atoms.